The molecule has 0 spiro atoms. The Kier molecular flexibility index (Phi) is 10.6. The highest BCUT2D eigenvalue weighted by Crippen LogP contribution is 2.42. The number of nitrogens with zero attached hydrogens (tertiary/aromatic N) is 1. The average Bonchev–Trinajstić information content (AvgIpc) is 3.08. The number of hydrogen-bond donors (Lipinski definition) is 2. The number of nitrogens with one attached hydrogen (secondary N) is 2. The molecule has 236 valence electrons. The molecule has 4 aromatic carbocycles. The smallest absolute Gasteiger partial charge is 0.262 e. The molecular formula is C34H31N3O7S2. The van der Waals surface area contributed by atoms with Crippen molar-refractivity contribution in [1.29, 1.82) is 0 Å². The van der Waals surface area contributed by atoms with Crippen LogP contribution in [-0.2, 0) is 10.0 Å². The van der Waals surface area contributed by atoms with Crippen LogP contribution >= 0.6 is 11.8 Å². The molecule has 0 aliphatic carbocycles. The molecular weight excluding hydrogens is 627 g/mol. The fourth-order valence-corrected chi connectivity index (χ4v) is 5.68. The van der Waals surface area contributed by atoms with Gasteiger partial charge in [0.1, 0.15) is 24.7 Å². The van der Waals surface area contributed by atoms with Gasteiger partial charge in [0.2, 0.25) is 5.88 Å². The lowest BCUT2D eigenvalue weighted by molar-refractivity contribution is 0.102. The summed E-state index contributed by atoms with van der Waals surface area (Å²) in [6, 6.07) is 30.3. The summed E-state index contributed by atoms with van der Waals surface area (Å²) in [4.78, 5) is 18.5. The van der Waals surface area contributed by atoms with Crippen molar-refractivity contribution in [2.75, 3.05) is 36.6 Å². The van der Waals surface area contributed by atoms with Gasteiger partial charge in [-0.05, 0) is 73.0 Å². The molecule has 0 fully saturated rings. The van der Waals surface area contributed by atoms with Crippen molar-refractivity contribution >= 4 is 39.1 Å². The summed E-state index contributed by atoms with van der Waals surface area (Å²) in [6.45, 7) is 0.135. The van der Waals surface area contributed by atoms with Crippen LogP contribution in [0.2, 0.25) is 0 Å². The van der Waals surface area contributed by atoms with Crippen LogP contribution in [0.1, 0.15) is 10.4 Å². The minimum Gasteiger partial charge on any atom is -0.497 e. The van der Waals surface area contributed by atoms with Crippen molar-refractivity contribution in [1.82, 2.24) is 4.98 Å². The van der Waals surface area contributed by atoms with Gasteiger partial charge in [0.15, 0.2) is 11.5 Å². The van der Waals surface area contributed by atoms with Gasteiger partial charge in [-0.25, -0.2) is 13.4 Å². The third kappa shape index (κ3) is 8.49. The summed E-state index contributed by atoms with van der Waals surface area (Å²) >= 11 is 1.49. The number of benzene rings is 4. The molecule has 0 atom stereocenters. The van der Waals surface area contributed by atoms with Gasteiger partial charge in [-0.2, -0.15) is 0 Å². The molecule has 0 bridgehead atoms. The summed E-state index contributed by atoms with van der Waals surface area (Å²) < 4.78 is 53.3. The molecule has 1 heterocycles. The van der Waals surface area contributed by atoms with Crippen LogP contribution in [0.5, 0.6) is 28.9 Å². The van der Waals surface area contributed by atoms with E-state index in [0.29, 0.717) is 23.1 Å². The van der Waals surface area contributed by atoms with E-state index in [1.165, 1.54) is 43.1 Å². The summed E-state index contributed by atoms with van der Waals surface area (Å²) in [6.07, 6.45) is 3.51. The van der Waals surface area contributed by atoms with Crippen molar-refractivity contribution < 1.29 is 32.2 Å². The average molecular weight is 658 g/mol. The zero-order chi connectivity index (χ0) is 32.4. The number of aromatic nitrogens is 1. The standard InChI is InChI=1S/C34H31N3O7S2/c1-41-26-11-8-12-27(23-26)44-33-30(37-46(39,40)29-16-14-28(45-2)15-17-29)21-24(34(38)36-25-9-4-3-5-10-25)22-31(33)42-19-20-43-32-13-6-7-18-35-32/h3-18,21-23,37H,19-20H2,1-2H3,(H,36,38). The molecule has 5 rings (SSSR count). The highest BCUT2D eigenvalue weighted by Gasteiger charge is 2.24. The van der Waals surface area contributed by atoms with Gasteiger partial charge in [0.25, 0.3) is 15.9 Å². The van der Waals surface area contributed by atoms with E-state index in [2.05, 4.69) is 15.0 Å². The highest BCUT2D eigenvalue weighted by molar-refractivity contribution is 7.98. The van der Waals surface area contributed by atoms with Crippen molar-refractivity contribution in [3.8, 4) is 28.9 Å². The van der Waals surface area contributed by atoms with Crippen molar-refractivity contribution in [2.24, 2.45) is 0 Å². The molecule has 2 N–H and O–H groups in total. The van der Waals surface area contributed by atoms with Gasteiger partial charge < -0.3 is 24.3 Å². The number of rotatable bonds is 14. The molecule has 0 aliphatic heterocycles. The number of carbonyl (C=O) groups excluding carboxylic acids is 1. The van der Waals surface area contributed by atoms with Crippen LogP contribution in [0, 0.1) is 0 Å². The maximum absolute atomic E-state index is 13.6. The molecule has 0 saturated heterocycles. The van der Waals surface area contributed by atoms with Crippen molar-refractivity contribution in [2.45, 2.75) is 9.79 Å². The van der Waals surface area contributed by atoms with E-state index in [4.69, 9.17) is 18.9 Å². The Balaban J connectivity index is 1.55. The molecule has 0 radical (unpaired) electrons. The Morgan fingerprint density at radius 3 is 2.28 bits per heavy atom. The van der Waals surface area contributed by atoms with Crippen molar-refractivity contribution in [3.05, 3.63) is 121 Å². The number of carbonyl (C=O) groups is 1. The second kappa shape index (κ2) is 15.2. The quantitative estimate of drug-likeness (QED) is 0.0949. The maximum atomic E-state index is 13.6. The minimum atomic E-state index is -4.13. The number of ether oxygens (including phenoxy) is 4. The van der Waals surface area contributed by atoms with E-state index < -0.39 is 15.9 Å². The van der Waals surface area contributed by atoms with Gasteiger partial charge in [0.05, 0.1) is 17.7 Å². The monoisotopic (exact) mass is 657 g/mol. The number of hydrogen-bond acceptors (Lipinski definition) is 9. The second-order valence-electron chi connectivity index (χ2n) is 9.60. The number of para-hydroxylation sites is 1. The van der Waals surface area contributed by atoms with E-state index in [9.17, 15) is 13.2 Å². The first-order chi connectivity index (χ1) is 22.3. The van der Waals surface area contributed by atoms with E-state index in [1.807, 2.05) is 12.3 Å². The van der Waals surface area contributed by atoms with Gasteiger partial charge in [-0.1, -0.05) is 30.3 Å². The number of pyridine rings is 1. The topological polar surface area (TPSA) is 125 Å². The number of amides is 1. The molecule has 10 nitrogen and oxygen atoms in total. The lowest BCUT2D eigenvalue weighted by Gasteiger charge is -2.19. The van der Waals surface area contributed by atoms with E-state index in [1.54, 1.807) is 85.1 Å². The predicted octanol–water partition coefficient (Wildman–Crippen LogP) is 7.12. The molecule has 0 saturated carbocycles. The third-order valence-corrected chi connectivity index (χ3v) is 8.58. The zero-order valence-corrected chi connectivity index (χ0v) is 26.6. The van der Waals surface area contributed by atoms with Crippen LogP contribution < -0.4 is 29.0 Å². The van der Waals surface area contributed by atoms with Crippen LogP contribution in [0.15, 0.2) is 125 Å². The fourth-order valence-electron chi connectivity index (χ4n) is 4.22. The van der Waals surface area contributed by atoms with Crippen LogP contribution in [0.25, 0.3) is 0 Å². The SMILES string of the molecule is COc1cccc(Oc2c(NS(=O)(=O)c3ccc(SC)cc3)cc(C(=O)Nc3ccccc3)cc2OCCOc2ccccn2)c1. The summed E-state index contributed by atoms with van der Waals surface area (Å²) in [5.74, 6) is 0.934. The van der Waals surface area contributed by atoms with Gasteiger partial charge in [-0.3, -0.25) is 9.52 Å². The Hall–Kier alpha value is -5.20. The summed E-state index contributed by atoms with van der Waals surface area (Å²) in [5, 5.41) is 2.83. The first-order valence-electron chi connectivity index (χ1n) is 14.0. The third-order valence-electron chi connectivity index (χ3n) is 6.45. The Morgan fingerprint density at radius 1 is 0.826 bits per heavy atom. The lowest BCUT2D eigenvalue weighted by atomic mass is 10.1. The van der Waals surface area contributed by atoms with Crippen molar-refractivity contribution in [3.63, 3.8) is 0 Å². The molecule has 0 unspecified atom stereocenters. The summed E-state index contributed by atoms with van der Waals surface area (Å²) in [7, 11) is -2.60. The molecule has 1 aromatic heterocycles. The Morgan fingerprint density at radius 2 is 1.57 bits per heavy atom. The van der Waals surface area contributed by atoms with Crippen LogP contribution in [-0.4, -0.2) is 45.9 Å². The van der Waals surface area contributed by atoms with Crippen LogP contribution in [0.4, 0.5) is 11.4 Å². The lowest BCUT2D eigenvalue weighted by Crippen LogP contribution is -2.17. The molecule has 12 heteroatoms. The van der Waals surface area contributed by atoms with Gasteiger partial charge >= 0.3 is 0 Å². The Bertz CT molecular complexity index is 1870. The van der Waals surface area contributed by atoms with E-state index in [0.717, 1.165) is 4.90 Å². The Labute approximate surface area is 271 Å². The first-order valence-corrected chi connectivity index (χ1v) is 16.8. The van der Waals surface area contributed by atoms with E-state index >= 15 is 0 Å². The maximum Gasteiger partial charge on any atom is 0.262 e. The van der Waals surface area contributed by atoms with Crippen LogP contribution in [0.3, 0.4) is 0 Å². The predicted molar refractivity (Wildman–Crippen MR) is 178 cm³/mol. The second-order valence-corrected chi connectivity index (χ2v) is 12.2. The highest BCUT2D eigenvalue weighted by atomic mass is 32.2. The number of sulfonamides is 1. The number of methoxy groups -OCH3 is 1. The van der Waals surface area contributed by atoms with Gasteiger partial charge in [-0.15, -0.1) is 11.8 Å². The first kappa shape index (κ1) is 32.2. The van der Waals surface area contributed by atoms with E-state index in [-0.39, 0.29) is 40.9 Å². The fraction of sp³-hybridized carbons (Fsp3) is 0.118. The number of anilines is 2. The normalized spacial score (nSPS) is 10.9. The minimum absolute atomic E-state index is 0.0156. The largest absolute Gasteiger partial charge is 0.497 e. The van der Waals surface area contributed by atoms with Gasteiger partial charge in [0, 0.05) is 34.5 Å². The number of thioether (sulfide) groups is 1. The molecule has 0 aliphatic rings. The molecule has 1 amide bonds. The summed E-state index contributed by atoms with van der Waals surface area (Å²) in [5.41, 5.74) is 0.669. The molecule has 5 aromatic rings. The molecule has 46 heavy (non-hydrogen) atoms. The zero-order valence-electron chi connectivity index (χ0n) is 25.0.